The van der Waals surface area contributed by atoms with Crippen LogP contribution in [0.15, 0.2) is 47.4 Å². The molecular formula is C18H24N2O4S. The molecular weight excluding hydrogens is 340 g/mol. The molecule has 0 bridgehead atoms. The number of hydroxylamine groups is 1. The summed E-state index contributed by atoms with van der Waals surface area (Å²) in [5.74, 6) is -0.603. The van der Waals surface area contributed by atoms with Gasteiger partial charge in [0.2, 0.25) is 15.9 Å². The van der Waals surface area contributed by atoms with E-state index >= 15 is 0 Å². The molecule has 1 amide bonds. The van der Waals surface area contributed by atoms with E-state index in [1.807, 2.05) is 31.2 Å². The number of benzene rings is 2. The zero-order valence-electron chi connectivity index (χ0n) is 14.3. The maximum absolute atomic E-state index is 13.0. The molecule has 0 aliphatic heterocycles. The van der Waals surface area contributed by atoms with Crippen molar-refractivity contribution in [3.8, 4) is 0 Å². The van der Waals surface area contributed by atoms with Crippen molar-refractivity contribution in [3.05, 3.63) is 42.5 Å². The second-order valence-corrected chi connectivity index (χ2v) is 7.84. The summed E-state index contributed by atoms with van der Waals surface area (Å²) >= 11 is 0. The Bertz CT molecular complexity index is 821. The summed E-state index contributed by atoms with van der Waals surface area (Å²) in [4.78, 5) is 11.5. The molecule has 2 aromatic carbocycles. The Morgan fingerprint density at radius 1 is 1.08 bits per heavy atom. The third kappa shape index (κ3) is 5.01. The first-order valence-corrected chi connectivity index (χ1v) is 9.85. The summed E-state index contributed by atoms with van der Waals surface area (Å²) in [6.07, 6.45) is 2.52. The molecule has 0 aliphatic carbocycles. The number of unbranched alkanes of at least 4 members (excludes halogenated alkanes) is 2. The van der Waals surface area contributed by atoms with Gasteiger partial charge >= 0.3 is 0 Å². The van der Waals surface area contributed by atoms with Gasteiger partial charge in [0.1, 0.15) is 0 Å². The molecule has 0 saturated heterocycles. The smallest absolute Gasteiger partial charge is 0.244 e. The van der Waals surface area contributed by atoms with Gasteiger partial charge in [-0.3, -0.25) is 10.0 Å². The summed E-state index contributed by atoms with van der Waals surface area (Å²) in [5.41, 5.74) is 1.54. The monoisotopic (exact) mass is 364 g/mol. The van der Waals surface area contributed by atoms with Crippen LogP contribution < -0.4 is 5.48 Å². The SMILES string of the molecule is CCCCCN(CCC(=O)NO)S(=O)(=O)c1ccc2ccccc2c1. The largest absolute Gasteiger partial charge is 0.289 e. The number of nitrogens with one attached hydrogen (secondary N) is 1. The van der Waals surface area contributed by atoms with E-state index in [9.17, 15) is 13.2 Å². The molecule has 7 heteroatoms. The first kappa shape index (κ1) is 19.4. The number of hydrogen-bond acceptors (Lipinski definition) is 4. The van der Waals surface area contributed by atoms with Gasteiger partial charge in [-0.1, -0.05) is 50.1 Å². The van der Waals surface area contributed by atoms with Crippen molar-refractivity contribution in [1.82, 2.24) is 9.79 Å². The zero-order valence-corrected chi connectivity index (χ0v) is 15.1. The van der Waals surface area contributed by atoms with Gasteiger partial charge in [-0.25, -0.2) is 13.9 Å². The number of amides is 1. The summed E-state index contributed by atoms with van der Waals surface area (Å²) in [5, 5.41) is 10.5. The van der Waals surface area contributed by atoms with Crippen molar-refractivity contribution in [2.45, 2.75) is 37.5 Å². The van der Waals surface area contributed by atoms with Gasteiger partial charge in [-0.05, 0) is 29.3 Å². The molecule has 2 N–H and O–H groups in total. The molecule has 0 atom stereocenters. The molecule has 0 saturated carbocycles. The fourth-order valence-corrected chi connectivity index (χ4v) is 4.16. The molecule has 0 aliphatic rings. The molecule has 0 fully saturated rings. The molecule has 0 heterocycles. The Morgan fingerprint density at radius 3 is 2.48 bits per heavy atom. The molecule has 25 heavy (non-hydrogen) atoms. The van der Waals surface area contributed by atoms with Crippen molar-refractivity contribution in [2.75, 3.05) is 13.1 Å². The highest BCUT2D eigenvalue weighted by Crippen LogP contribution is 2.22. The van der Waals surface area contributed by atoms with Gasteiger partial charge in [0.15, 0.2) is 0 Å². The number of carbonyl (C=O) groups excluding carboxylic acids is 1. The quantitative estimate of drug-likeness (QED) is 0.407. The molecule has 0 unspecified atom stereocenters. The summed E-state index contributed by atoms with van der Waals surface area (Å²) in [7, 11) is -3.71. The van der Waals surface area contributed by atoms with Crippen molar-refractivity contribution < 1.29 is 18.4 Å². The Labute approximate surface area is 148 Å². The van der Waals surface area contributed by atoms with Crippen LogP contribution in [-0.2, 0) is 14.8 Å². The molecule has 2 aromatic rings. The van der Waals surface area contributed by atoms with Crippen molar-refractivity contribution in [2.24, 2.45) is 0 Å². The fraction of sp³-hybridized carbons (Fsp3) is 0.389. The minimum atomic E-state index is -3.71. The van der Waals surface area contributed by atoms with Crippen LogP contribution in [0, 0.1) is 0 Å². The van der Waals surface area contributed by atoms with Gasteiger partial charge in [0.05, 0.1) is 4.90 Å². The first-order valence-electron chi connectivity index (χ1n) is 8.41. The highest BCUT2D eigenvalue weighted by atomic mass is 32.2. The van der Waals surface area contributed by atoms with Gasteiger partial charge in [-0.2, -0.15) is 4.31 Å². The predicted octanol–water partition coefficient (Wildman–Crippen LogP) is 2.92. The lowest BCUT2D eigenvalue weighted by Gasteiger charge is -2.22. The normalized spacial score (nSPS) is 11.8. The van der Waals surface area contributed by atoms with Crippen LogP contribution in [0.3, 0.4) is 0 Å². The van der Waals surface area contributed by atoms with E-state index in [-0.39, 0.29) is 17.9 Å². The van der Waals surface area contributed by atoms with Gasteiger partial charge < -0.3 is 0 Å². The van der Waals surface area contributed by atoms with Crippen LogP contribution in [0.25, 0.3) is 10.8 Å². The van der Waals surface area contributed by atoms with Gasteiger partial charge in [0, 0.05) is 19.5 Å². The van der Waals surface area contributed by atoms with Crippen molar-refractivity contribution in [1.29, 1.82) is 0 Å². The van der Waals surface area contributed by atoms with E-state index in [1.54, 1.807) is 23.7 Å². The first-order chi connectivity index (χ1) is 12.0. The maximum atomic E-state index is 13.0. The van der Waals surface area contributed by atoms with E-state index in [0.29, 0.717) is 6.54 Å². The van der Waals surface area contributed by atoms with Gasteiger partial charge in [-0.15, -0.1) is 0 Å². The second kappa shape index (κ2) is 8.94. The van der Waals surface area contributed by atoms with Crippen LogP contribution in [0.1, 0.15) is 32.6 Å². The lowest BCUT2D eigenvalue weighted by molar-refractivity contribution is -0.129. The van der Waals surface area contributed by atoms with E-state index in [2.05, 4.69) is 0 Å². The van der Waals surface area contributed by atoms with E-state index in [0.717, 1.165) is 30.0 Å². The maximum Gasteiger partial charge on any atom is 0.244 e. The number of nitrogens with zero attached hydrogens (tertiary/aromatic N) is 1. The Morgan fingerprint density at radius 2 is 1.80 bits per heavy atom. The van der Waals surface area contributed by atoms with Crippen LogP contribution in [0.5, 0.6) is 0 Å². The average Bonchev–Trinajstić information content (AvgIpc) is 2.63. The number of hydrogen-bond donors (Lipinski definition) is 2. The summed E-state index contributed by atoms with van der Waals surface area (Å²) < 4.78 is 27.3. The highest BCUT2D eigenvalue weighted by molar-refractivity contribution is 7.89. The molecule has 2 rings (SSSR count). The van der Waals surface area contributed by atoms with Crippen LogP contribution in [-0.4, -0.2) is 36.9 Å². The number of carbonyl (C=O) groups is 1. The number of rotatable bonds is 9. The lowest BCUT2D eigenvalue weighted by Crippen LogP contribution is -2.35. The summed E-state index contributed by atoms with van der Waals surface area (Å²) in [6.45, 7) is 2.42. The van der Waals surface area contributed by atoms with Crippen molar-refractivity contribution in [3.63, 3.8) is 0 Å². The van der Waals surface area contributed by atoms with Crippen molar-refractivity contribution >= 4 is 26.7 Å². The molecule has 136 valence electrons. The third-order valence-corrected chi connectivity index (χ3v) is 5.98. The average molecular weight is 364 g/mol. The molecule has 0 spiro atoms. The Hall–Kier alpha value is -1.96. The summed E-state index contributed by atoms with van der Waals surface area (Å²) in [6, 6.07) is 12.6. The minimum absolute atomic E-state index is 0.0330. The predicted molar refractivity (Wildman–Crippen MR) is 96.8 cm³/mol. The second-order valence-electron chi connectivity index (χ2n) is 5.91. The standard InChI is InChI=1S/C18H24N2O4S/c1-2-3-6-12-20(13-11-18(21)19-22)25(23,24)17-10-9-15-7-4-5-8-16(15)14-17/h4-5,7-10,14,22H,2-3,6,11-13H2,1H3,(H,19,21). The van der Waals surface area contributed by atoms with E-state index < -0.39 is 15.9 Å². The molecule has 0 radical (unpaired) electrons. The molecule has 0 aromatic heterocycles. The Kier molecular flexibility index (Phi) is 6.92. The van der Waals surface area contributed by atoms with Crippen LogP contribution >= 0.6 is 0 Å². The Balaban J connectivity index is 2.28. The highest BCUT2D eigenvalue weighted by Gasteiger charge is 2.24. The number of fused-ring (bicyclic) bond motifs is 1. The van der Waals surface area contributed by atoms with Crippen LogP contribution in [0.2, 0.25) is 0 Å². The third-order valence-electron chi connectivity index (χ3n) is 4.08. The topological polar surface area (TPSA) is 86.7 Å². The van der Waals surface area contributed by atoms with Crippen LogP contribution in [0.4, 0.5) is 0 Å². The van der Waals surface area contributed by atoms with Gasteiger partial charge in [0.25, 0.3) is 0 Å². The molecule has 6 nitrogen and oxygen atoms in total. The van der Waals surface area contributed by atoms with E-state index in [4.69, 9.17) is 5.21 Å². The van der Waals surface area contributed by atoms with E-state index in [1.165, 1.54) is 4.31 Å². The zero-order chi connectivity index (χ0) is 18.3. The number of sulfonamides is 1. The minimum Gasteiger partial charge on any atom is -0.289 e. The fourth-order valence-electron chi connectivity index (χ4n) is 2.65. The lowest BCUT2D eigenvalue weighted by atomic mass is 10.1.